The summed E-state index contributed by atoms with van der Waals surface area (Å²) in [5.41, 5.74) is 1.74. The highest BCUT2D eigenvalue weighted by Crippen LogP contribution is 2.26. The normalized spacial score (nSPS) is 14.1. The SMILES string of the molecule is CC(C)(C)NC(=O)N1CCc2c(c(C(=O)O)nn2-c2ccc(Cl)cc2)C1. The van der Waals surface area contributed by atoms with Crippen LogP contribution in [0.25, 0.3) is 5.69 Å². The molecule has 26 heavy (non-hydrogen) atoms. The molecule has 2 amide bonds. The lowest BCUT2D eigenvalue weighted by Crippen LogP contribution is -2.49. The number of hydrogen-bond donors (Lipinski definition) is 2. The molecule has 7 nitrogen and oxygen atoms in total. The molecule has 1 aromatic carbocycles. The van der Waals surface area contributed by atoms with Crippen molar-refractivity contribution in [2.24, 2.45) is 0 Å². The van der Waals surface area contributed by atoms with Crippen LogP contribution in [0, 0.1) is 0 Å². The van der Waals surface area contributed by atoms with Gasteiger partial charge in [0.1, 0.15) is 0 Å². The molecule has 1 aliphatic rings. The minimum atomic E-state index is -1.10. The predicted octanol–water partition coefficient (Wildman–Crippen LogP) is 3.09. The molecule has 8 heteroatoms. The zero-order chi connectivity index (χ0) is 19.1. The summed E-state index contributed by atoms with van der Waals surface area (Å²) in [6.45, 7) is 6.42. The Morgan fingerprint density at radius 2 is 1.88 bits per heavy atom. The number of carbonyl (C=O) groups is 2. The maximum Gasteiger partial charge on any atom is 0.356 e. The number of aromatic carboxylic acids is 1. The third-order valence-corrected chi connectivity index (χ3v) is 4.35. The molecule has 0 atom stereocenters. The number of amides is 2. The molecule has 0 spiro atoms. The monoisotopic (exact) mass is 376 g/mol. The number of urea groups is 1. The summed E-state index contributed by atoms with van der Waals surface area (Å²) in [5.74, 6) is -1.10. The number of fused-ring (bicyclic) bond motifs is 1. The zero-order valence-electron chi connectivity index (χ0n) is 14.9. The van der Waals surface area contributed by atoms with Crippen molar-refractivity contribution in [3.63, 3.8) is 0 Å². The summed E-state index contributed by atoms with van der Waals surface area (Å²) in [5, 5.41) is 17.3. The van der Waals surface area contributed by atoms with Crippen LogP contribution in [0.5, 0.6) is 0 Å². The second kappa shape index (κ2) is 6.64. The average Bonchev–Trinajstić information content (AvgIpc) is 2.93. The van der Waals surface area contributed by atoms with E-state index in [-0.39, 0.29) is 23.8 Å². The van der Waals surface area contributed by atoms with Gasteiger partial charge in [-0.05, 0) is 45.0 Å². The summed E-state index contributed by atoms with van der Waals surface area (Å²) >= 11 is 5.93. The standard InChI is InChI=1S/C18H21ClN4O3/c1-18(2,3)20-17(26)22-9-8-14-13(10-22)15(16(24)25)21-23(14)12-6-4-11(19)5-7-12/h4-7H,8-10H2,1-3H3,(H,20,26)(H,24,25). The average molecular weight is 377 g/mol. The summed E-state index contributed by atoms with van der Waals surface area (Å²) in [4.78, 5) is 25.7. The fraction of sp³-hybridized carbons (Fsp3) is 0.389. The Morgan fingerprint density at radius 1 is 1.23 bits per heavy atom. The Hall–Kier alpha value is -2.54. The number of carbonyl (C=O) groups excluding carboxylic acids is 1. The Labute approximate surface area is 156 Å². The molecular formula is C18H21ClN4O3. The lowest BCUT2D eigenvalue weighted by atomic mass is 10.0. The van der Waals surface area contributed by atoms with Crippen LogP contribution < -0.4 is 5.32 Å². The second-order valence-electron chi connectivity index (χ2n) is 7.32. The van der Waals surface area contributed by atoms with Gasteiger partial charge in [0.2, 0.25) is 0 Å². The molecule has 2 aromatic rings. The minimum Gasteiger partial charge on any atom is -0.476 e. The molecule has 1 aromatic heterocycles. The molecule has 0 radical (unpaired) electrons. The van der Waals surface area contributed by atoms with Crippen LogP contribution in [-0.2, 0) is 13.0 Å². The topological polar surface area (TPSA) is 87.5 Å². The Balaban J connectivity index is 1.96. The number of benzene rings is 1. The van der Waals surface area contributed by atoms with Gasteiger partial charge in [-0.25, -0.2) is 14.3 Å². The van der Waals surface area contributed by atoms with Gasteiger partial charge in [0, 0.05) is 29.1 Å². The molecule has 0 fully saturated rings. The van der Waals surface area contributed by atoms with E-state index in [9.17, 15) is 14.7 Å². The minimum absolute atomic E-state index is 0.0248. The molecule has 2 heterocycles. The summed E-state index contributed by atoms with van der Waals surface area (Å²) in [7, 11) is 0. The smallest absolute Gasteiger partial charge is 0.356 e. The van der Waals surface area contributed by atoms with Crippen LogP contribution in [0.15, 0.2) is 24.3 Å². The molecule has 2 N–H and O–H groups in total. The van der Waals surface area contributed by atoms with Gasteiger partial charge in [0.05, 0.1) is 17.9 Å². The van der Waals surface area contributed by atoms with E-state index >= 15 is 0 Å². The van der Waals surface area contributed by atoms with Crippen LogP contribution in [0.1, 0.15) is 42.5 Å². The first-order valence-electron chi connectivity index (χ1n) is 8.33. The van der Waals surface area contributed by atoms with E-state index in [2.05, 4.69) is 10.4 Å². The van der Waals surface area contributed by atoms with Crippen LogP contribution in [0.3, 0.4) is 0 Å². The van der Waals surface area contributed by atoms with Crippen LogP contribution in [0.2, 0.25) is 5.02 Å². The van der Waals surface area contributed by atoms with Crippen LogP contribution >= 0.6 is 11.6 Å². The van der Waals surface area contributed by atoms with Gasteiger partial charge in [0.15, 0.2) is 5.69 Å². The van der Waals surface area contributed by atoms with Gasteiger partial charge >= 0.3 is 12.0 Å². The maximum absolute atomic E-state index is 12.4. The first kappa shape index (κ1) is 18.3. The van der Waals surface area contributed by atoms with E-state index in [0.717, 1.165) is 11.4 Å². The van der Waals surface area contributed by atoms with Crippen LogP contribution in [-0.4, -0.2) is 43.9 Å². The highest BCUT2D eigenvalue weighted by molar-refractivity contribution is 6.30. The number of nitrogens with zero attached hydrogens (tertiary/aromatic N) is 3. The van der Waals surface area contributed by atoms with E-state index < -0.39 is 5.97 Å². The third kappa shape index (κ3) is 3.67. The number of halogens is 1. The number of carboxylic acid groups (broad SMARTS) is 1. The number of nitrogens with one attached hydrogen (secondary N) is 1. The molecule has 0 saturated carbocycles. The lowest BCUT2D eigenvalue weighted by molar-refractivity contribution is 0.0687. The van der Waals surface area contributed by atoms with Crippen molar-refractivity contribution in [1.29, 1.82) is 0 Å². The highest BCUT2D eigenvalue weighted by atomic mass is 35.5. The van der Waals surface area contributed by atoms with E-state index in [1.807, 2.05) is 20.8 Å². The fourth-order valence-electron chi connectivity index (χ4n) is 2.96. The van der Waals surface area contributed by atoms with Crippen LogP contribution in [0.4, 0.5) is 4.79 Å². The molecule has 1 aliphatic heterocycles. The van der Waals surface area contributed by atoms with E-state index in [1.54, 1.807) is 33.8 Å². The fourth-order valence-corrected chi connectivity index (χ4v) is 3.09. The molecule has 0 aliphatic carbocycles. The second-order valence-corrected chi connectivity index (χ2v) is 7.76. The molecule has 138 valence electrons. The van der Waals surface area contributed by atoms with Crippen molar-refractivity contribution in [3.05, 3.63) is 46.2 Å². The largest absolute Gasteiger partial charge is 0.476 e. The van der Waals surface area contributed by atoms with Crippen molar-refractivity contribution >= 4 is 23.6 Å². The quantitative estimate of drug-likeness (QED) is 0.843. The Bertz CT molecular complexity index is 853. The summed E-state index contributed by atoms with van der Waals surface area (Å²) in [6, 6.07) is 6.84. The highest BCUT2D eigenvalue weighted by Gasteiger charge is 2.31. The van der Waals surface area contributed by atoms with E-state index in [4.69, 9.17) is 11.6 Å². The van der Waals surface area contributed by atoms with Gasteiger partial charge in [-0.2, -0.15) is 5.10 Å². The Kier molecular flexibility index (Phi) is 4.66. The van der Waals surface area contributed by atoms with Crippen molar-refractivity contribution in [2.45, 2.75) is 39.3 Å². The van der Waals surface area contributed by atoms with E-state index in [1.165, 1.54) is 0 Å². The van der Waals surface area contributed by atoms with Gasteiger partial charge in [0.25, 0.3) is 0 Å². The zero-order valence-corrected chi connectivity index (χ0v) is 15.7. The molecule has 3 rings (SSSR count). The van der Waals surface area contributed by atoms with Gasteiger partial charge < -0.3 is 15.3 Å². The number of aromatic nitrogens is 2. The first-order chi connectivity index (χ1) is 12.2. The number of rotatable bonds is 2. The van der Waals surface area contributed by atoms with Crippen molar-refractivity contribution in [2.75, 3.05) is 6.54 Å². The predicted molar refractivity (Wildman–Crippen MR) is 97.9 cm³/mol. The maximum atomic E-state index is 12.4. The van der Waals surface area contributed by atoms with Gasteiger partial charge in [-0.3, -0.25) is 0 Å². The number of carboxylic acids is 1. The van der Waals surface area contributed by atoms with Gasteiger partial charge in [-0.1, -0.05) is 11.6 Å². The lowest BCUT2D eigenvalue weighted by Gasteiger charge is -2.31. The van der Waals surface area contributed by atoms with Crippen molar-refractivity contribution in [1.82, 2.24) is 20.0 Å². The van der Waals surface area contributed by atoms with Crippen molar-refractivity contribution < 1.29 is 14.7 Å². The van der Waals surface area contributed by atoms with Gasteiger partial charge in [-0.15, -0.1) is 0 Å². The summed E-state index contributed by atoms with van der Waals surface area (Å²) in [6.07, 6.45) is 0.524. The number of hydrogen-bond acceptors (Lipinski definition) is 3. The Morgan fingerprint density at radius 3 is 2.46 bits per heavy atom. The molecular weight excluding hydrogens is 356 g/mol. The molecule has 0 bridgehead atoms. The molecule has 0 unspecified atom stereocenters. The summed E-state index contributed by atoms with van der Waals surface area (Å²) < 4.78 is 1.63. The third-order valence-electron chi connectivity index (χ3n) is 4.10. The molecule has 0 saturated heterocycles. The first-order valence-corrected chi connectivity index (χ1v) is 8.70. The van der Waals surface area contributed by atoms with E-state index in [0.29, 0.717) is 23.6 Å². The van der Waals surface area contributed by atoms with Crippen molar-refractivity contribution in [3.8, 4) is 5.69 Å².